The maximum absolute atomic E-state index is 12.2. The van der Waals surface area contributed by atoms with E-state index in [0.717, 1.165) is 6.07 Å². The van der Waals surface area contributed by atoms with Crippen LogP contribution in [0.1, 0.15) is 5.56 Å². The number of benzene rings is 1. The Bertz CT molecular complexity index is 382. The second-order valence-electron chi connectivity index (χ2n) is 2.88. The van der Waals surface area contributed by atoms with Crippen LogP contribution in [0.15, 0.2) is 23.1 Å². The molecular weight excluding hydrogens is 247 g/mol. The molecule has 0 atom stereocenters. The van der Waals surface area contributed by atoms with Gasteiger partial charge in [-0.05, 0) is 30.7 Å². The van der Waals surface area contributed by atoms with Crippen LogP contribution in [-0.4, -0.2) is 0 Å². The summed E-state index contributed by atoms with van der Waals surface area (Å²) >= 11 is 5.42. The number of halogens is 6. The van der Waals surface area contributed by atoms with Crippen molar-refractivity contribution in [1.29, 1.82) is 0 Å². The lowest BCUT2D eigenvalue weighted by atomic mass is 10.2. The highest BCUT2D eigenvalue weighted by molar-refractivity contribution is 8.45. The minimum Gasteiger partial charge on any atom is -0.0936 e. The van der Waals surface area contributed by atoms with Gasteiger partial charge in [-0.15, -0.1) is 0 Å². The second kappa shape index (κ2) is 2.36. The Kier molecular flexibility index (Phi) is 1.95. The molecule has 1 aromatic rings. The summed E-state index contributed by atoms with van der Waals surface area (Å²) in [5.41, 5.74) is -0.0302. The van der Waals surface area contributed by atoms with Crippen LogP contribution in [0.3, 0.4) is 0 Å². The molecule has 0 amide bonds. The topological polar surface area (TPSA) is 0 Å². The first-order chi connectivity index (χ1) is 5.90. The smallest absolute Gasteiger partial charge is 0.0936 e. The van der Waals surface area contributed by atoms with Gasteiger partial charge in [0, 0.05) is 5.02 Å². The summed E-state index contributed by atoms with van der Waals surface area (Å²) in [6.07, 6.45) is 0. The van der Waals surface area contributed by atoms with Crippen LogP contribution in [0.25, 0.3) is 0 Å². The number of aryl methyl sites for hydroxylation is 1. The third kappa shape index (κ3) is 2.51. The maximum atomic E-state index is 12.2. The Morgan fingerprint density at radius 2 is 1.57 bits per heavy atom. The molecule has 0 N–H and O–H groups in total. The summed E-state index contributed by atoms with van der Waals surface area (Å²) in [5, 5.41) is 0.0237. The van der Waals surface area contributed by atoms with E-state index < -0.39 is 15.1 Å². The van der Waals surface area contributed by atoms with Gasteiger partial charge in [-0.2, -0.15) is 0 Å². The van der Waals surface area contributed by atoms with Crippen molar-refractivity contribution in [2.24, 2.45) is 0 Å². The van der Waals surface area contributed by atoms with Crippen molar-refractivity contribution < 1.29 is 19.4 Å². The van der Waals surface area contributed by atoms with Crippen LogP contribution in [-0.2, 0) is 0 Å². The van der Waals surface area contributed by atoms with Crippen molar-refractivity contribution in [2.45, 2.75) is 11.8 Å². The average molecular weight is 253 g/mol. The molecule has 7 heteroatoms. The van der Waals surface area contributed by atoms with Crippen LogP contribution in [0.5, 0.6) is 0 Å². The molecule has 82 valence electrons. The zero-order valence-electron chi connectivity index (χ0n) is 6.91. The highest BCUT2D eigenvalue weighted by Crippen LogP contribution is 3.02. The minimum atomic E-state index is -9.55. The van der Waals surface area contributed by atoms with Crippen LogP contribution in [0, 0.1) is 6.92 Å². The van der Waals surface area contributed by atoms with E-state index in [4.69, 9.17) is 11.6 Å². The zero-order chi connectivity index (χ0) is 11.3. The predicted molar refractivity (Wildman–Crippen MR) is 47.6 cm³/mol. The first kappa shape index (κ1) is 11.6. The van der Waals surface area contributed by atoms with E-state index in [1.807, 2.05) is 0 Å². The fourth-order valence-corrected chi connectivity index (χ4v) is 1.70. The average Bonchev–Trinajstić information content (AvgIpc) is 1.89. The van der Waals surface area contributed by atoms with E-state index in [-0.39, 0.29) is 16.7 Å². The first-order valence-corrected chi connectivity index (χ1v) is 5.73. The zero-order valence-corrected chi connectivity index (χ0v) is 8.48. The van der Waals surface area contributed by atoms with Gasteiger partial charge in [-0.1, -0.05) is 31.0 Å². The lowest BCUT2D eigenvalue weighted by Gasteiger charge is -2.40. The molecule has 0 fully saturated rings. The lowest BCUT2D eigenvalue weighted by molar-refractivity contribution is 0.364. The van der Waals surface area contributed by atoms with Gasteiger partial charge in [0.25, 0.3) is 0 Å². The van der Waals surface area contributed by atoms with E-state index in [0.29, 0.717) is 6.07 Å². The summed E-state index contributed by atoms with van der Waals surface area (Å²) in [7, 11) is -9.55. The number of hydrogen-bond acceptors (Lipinski definition) is 0. The van der Waals surface area contributed by atoms with E-state index in [1.54, 1.807) is 0 Å². The van der Waals surface area contributed by atoms with Crippen molar-refractivity contribution in [1.82, 2.24) is 0 Å². The van der Waals surface area contributed by atoms with Crippen molar-refractivity contribution in [3.8, 4) is 0 Å². The van der Waals surface area contributed by atoms with Crippen molar-refractivity contribution in [3.63, 3.8) is 0 Å². The molecule has 0 bridgehead atoms. The second-order valence-corrected chi connectivity index (χ2v) is 5.70. The Hall–Kier alpha value is -0.490. The first-order valence-electron chi connectivity index (χ1n) is 3.40. The molecule has 0 unspecified atom stereocenters. The Morgan fingerprint density at radius 3 is 1.93 bits per heavy atom. The van der Waals surface area contributed by atoms with Crippen LogP contribution in [0.4, 0.5) is 19.4 Å². The molecule has 1 rings (SSSR count). The summed E-state index contributed by atoms with van der Waals surface area (Å²) < 4.78 is 61.1. The molecule has 0 radical (unpaired) electrons. The Labute approximate surface area is 82.4 Å². The van der Waals surface area contributed by atoms with Gasteiger partial charge in [0.2, 0.25) is 0 Å². The van der Waals surface area contributed by atoms with E-state index >= 15 is 0 Å². The van der Waals surface area contributed by atoms with E-state index in [1.165, 1.54) is 6.92 Å². The minimum absolute atomic E-state index is 0.0237. The lowest BCUT2D eigenvalue weighted by Crippen LogP contribution is -2.06. The molecule has 0 spiro atoms. The van der Waals surface area contributed by atoms with Crippen LogP contribution < -0.4 is 0 Å². The molecule has 0 aliphatic heterocycles. The van der Waals surface area contributed by atoms with Gasteiger partial charge >= 0.3 is 10.2 Å². The molecule has 0 aliphatic carbocycles. The van der Waals surface area contributed by atoms with Gasteiger partial charge < -0.3 is 0 Å². The van der Waals surface area contributed by atoms with Gasteiger partial charge in [-0.3, -0.25) is 0 Å². The van der Waals surface area contributed by atoms with Crippen molar-refractivity contribution in [2.75, 3.05) is 0 Å². The number of hydrogen-bond donors (Lipinski definition) is 0. The Balaban J connectivity index is 3.45. The molecule has 0 aromatic heterocycles. The van der Waals surface area contributed by atoms with Crippen LogP contribution in [0.2, 0.25) is 5.02 Å². The quantitative estimate of drug-likeness (QED) is 0.595. The maximum Gasteiger partial charge on any atom is 0.310 e. The number of rotatable bonds is 1. The largest absolute Gasteiger partial charge is 0.310 e. The fourth-order valence-electron chi connectivity index (χ4n) is 0.857. The summed E-state index contributed by atoms with van der Waals surface area (Å²) in [6.45, 7) is 1.23. The van der Waals surface area contributed by atoms with Crippen molar-refractivity contribution in [3.05, 3.63) is 28.8 Å². The monoisotopic (exact) mass is 252 g/mol. The molecule has 14 heavy (non-hydrogen) atoms. The summed E-state index contributed by atoms with van der Waals surface area (Å²) in [5.74, 6) is 0. The molecule has 0 saturated heterocycles. The fraction of sp³-hybridized carbons (Fsp3) is 0.143. The third-order valence-electron chi connectivity index (χ3n) is 1.57. The molecule has 0 saturated carbocycles. The molecule has 1 aromatic carbocycles. The molecule has 0 aliphatic rings. The van der Waals surface area contributed by atoms with Crippen molar-refractivity contribution >= 4 is 21.8 Å². The summed E-state index contributed by atoms with van der Waals surface area (Å²) in [4.78, 5) is -1.91. The SMILES string of the molecule is Cc1cc(S(F)(F)(F)(F)F)ccc1Cl. The Morgan fingerprint density at radius 1 is 1.07 bits per heavy atom. The normalized spacial score (nSPS) is 17.4. The van der Waals surface area contributed by atoms with Gasteiger partial charge in [0.1, 0.15) is 4.90 Å². The molecule has 0 nitrogen and oxygen atoms in total. The van der Waals surface area contributed by atoms with Crippen LogP contribution >= 0.6 is 21.8 Å². The third-order valence-corrected chi connectivity index (χ3v) is 3.14. The predicted octanol–water partition coefficient (Wildman–Crippen LogP) is 5.31. The van der Waals surface area contributed by atoms with Gasteiger partial charge in [-0.25, -0.2) is 0 Å². The standard InChI is InChI=1S/C7H6ClF5S/c1-5-4-6(2-3-7(5)8)14(9,10,11,12)13/h2-4H,1H3. The summed E-state index contributed by atoms with van der Waals surface area (Å²) in [6, 6.07) is 1.45. The van der Waals surface area contributed by atoms with Gasteiger partial charge in [0.15, 0.2) is 0 Å². The van der Waals surface area contributed by atoms with Gasteiger partial charge in [0.05, 0.1) is 0 Å². The molecule has 0 heterocycles. The van der Waals surface area contributed by atoms with E-state index in [2.05, 4.69) is 0 Å². The highest BCUT2D eigenvalue weighted by atomic mass is 35.5. The van der Waals surface area contributed by atoms with E-state index in [9.17, 15) is 19.4 Å². The molecular formula is C7H6ClF5S. The highest BCUT2D eigenvalue weighted by Gasteiger charge is 2.65.